The maximum Gasteiger partial charge on any atom is 0.343 e. The van der Waals surface area contributed by atoms with Gasteiger partial charge in [0.05, 0.1) is 28.4 Å². The highest BCUT2D eigenvalue weighted by atomic mass is 32.2. The quantitative estimate of drug-likeness (QED) is 0.216. The maximum absolute atomic E-state index is 12.8. The van der Waals surface area contributed by atoms with E-state index in [1.54, 1.807) is 0 Å². The van der Waals surface area contributed by atoms with Crippen molar-refractivity contribution in [3.05, 3.63) is 160 Å². The lowest BCUT2D eigenvalue weighted by Gasteiger charge is -2.49. The second kappa shape index (κ2) is 8.23. The van der Waals surface area contributed by atoms with Gasteiger partial charge in [-0.15, -0.1) is 0 Å². The van der Waals surface area contributed by atoms with Crippen molar-refractivity contribution in [2.24, 2.45) is 0 Å². The SMILES string of the molecule is Cc1coc(=O)c2cc(N3c4ccccc4C4(c5ccccc5Sc5ccccc54)c4ccccc43)ccc12. The largest absolute Gasteiger partial charge is 0.431 e. The minimum absolute atomic E-state index is 0.320. The fourth-order valence-electron chi connectivity index (χ4n) is 6.55. The molecule has 0 saturated carbocycles. The summed E-state index contributed by atoms with van der Waals surface area (Å²) < 4.78 is 5.34. The molecule has 0 atom stereocenters. The average Bonchev–Trinajstić information content (AvgIpc) is 2.99. The first-order chi connectivity index (χ1) is 19.2. The van der Waals surface area contributed by atoms with Crippen molar-refractivity contribution in [3.8, 4) is 0 Å². The van der Waals surface area contributed by atoms with Crippen LogP contribution in [0, 0.1) is 6.92 Å². The van der Waals surface area contributed by atoms with Crippen molar-refractivity contribution in [2.75, 3.05) is 4.90 Å². The van der Waals surface area contributed by atoms with Gasteiger partial charge in [0.25, 0.3) is 0 Å². The lowest BCUT2D eigenvalue weighted by Crippen LogP contribution is -2.39. The smallest absolute Gasteiger partial charge is 0.343 e. The molecule has 3 heterocycles. The van der Waals surface area contributed by atoms with E-state index in [1.807, 2.05) is 30.8 Å². The number of benzene rings is 5. The summed E-state index contributed by atoms with van der Waals surface area (Å²) in [5.74, 6) is 0. The van der Waals surface area contributed by atoms with Crippen LogP contribution in [0.2, 0.25) is 0 Å². The normalized spacial score (nSPS) is 14.4. The van der Waals surface area contributed by atoms with Gasteiger partial charge in [-0.25, -0.2) is 4.79 Å². The van der Waals surface area contributed by atoms with Gasteiger partial charge in [-0.05, 0) is 76.5 Å². The highest BCUT2D eigenvalue weighted by Gasteiger charge is 2.50. The van der Waals surface area contributed by atoms with Gasteiger partial charge in [-0.3, -0.25) is 0 Å². The molecule has 0 amide bonds. The summed E-state index contributed by atoms with van der Waals surface area (Å²) in [6.45, 7) is 1.97. The molecule has 0 bridgehead atoms. The van der Waals surface area contributed by atoms with Crippen LogP contribution < -0.4 is 10.5 Å². The first-order valence-corrected chi connectivity index (χ1v) is 13.9. The number of nitrogens with zero attached hydrogens (tertiary/aromatic N) is 1. The molecule has 8 rings (SSSR count). The molecular formula is C35H23NO2S. The number of hydrogen-bond donors (Lipinski definition) is 0. The lowest BCUT2D eigenvalue weighted by atomic mass is 9.62. The topological polar surface area (TPSA) is 33.5 Å². The Hall–Kier alpha value is -4.54. The van der Waals surface area contributed by atoms with E-state index >= 15 is 0 Å². The van der Waals surface area contributed by atoms with E-state index in [0.29, 0.717) is 5.39 Å². The number of anilines is 3. The van der Waals surface area contributed by atoms with Crippen molar-refractivity contribution >= 4 is 39.6 Å². The van der Waals surface area contributed by atoms with Crippen molar-refractivity contribution in [3.63, 3.8) is 0 Å². The fourth-order valence-corrected chi connectivity index (χ4v) is 7.74. The Labute approximate surface area is 230 Å². The molecule has 0 N–H and O–H groups in total. The van der Waals surface area contributed by atoms with E-state index in [0.717, 1.165) is 28.0 Å². The summed E-state index contributed by atoms with van der Waals surface area (Å²) in [4.78, 5) is 17.6. The lowest BCUT2D eigenvalue weighted by molar-refractivity contribution is 0.516. The first kappa shape index (κ1) is 22.4. The molecule has 6 aromatic rings. The molecule has 2 aliphatic heterocycles. The number of aryl methyl sites for hydroxylation is 1. The van der Waals surface area contributed by atoms with Crippen LogP contribution in [0.15, 0.2) is 141 Å². The molecule has 0 unspecified atom stereocenters. The van der Waals surface area contributed by atoms with Crippen molar-refractivity contribution in [1.82, 2.24) is 0 Å². The summed E-state index contributed by atoms with van der Waals surface area (Å²) in [5, 5.41) is 1.50. The molecule has 186 valence electrons. The first-order valence-electron chi connectivity index (χ1n) is 13.1. The summed E-state index contributed by atoms with van der Waals surface area (Å²) in [7, 11) is 0. The van der Waals surface area contributed by atoms with Gasteiger partial charge >= 0.3 is 5.63 Å². The molecule has 4 heteroatoms. The van der Waals surface area contributed by atoms with Crippen LogP contribution in [0.3, 0.4) is 0 Å². The Morgan fingerprint density at radius 1 is 0.641 bits per heavy atom. The van der Waals surface area contributed by atoms with E-state index in [9.17, 15) is 4.79 Å². The Kier molecular flexibility index (Phi) is 4.73. The van der Waals surface area contributed by atoms with Gasteiger partial charge < -0.3 is 9.32 Å². The molecule has 0 radical (unpaired) electrons. The second-order valence-electron chi connectivity index (χ2n) is 10.2. The molecule has 0 saturated heterocycles. The summed E-state index contributed by atoms with van der Waals surface area (Å²) in [5.41, 5.74) is 8.32. The van der Waals surface area contributed by atoms with Crippen LogP contribution in [-0.4, -0.2) is 0 Å². The van der Waals surface area contributed by atoms with Crippen LogP contribution in [0.25, 0.3) is 10.8 Å². The average molecular weight is 522 g/mol. The summed E-state index contributed by atoms with van der Waals surface area (Å²) in [6, 6.07) is 41.1. The minimum Gasteiger partial charge on any atom is -0.431 e. The van der Waals surface area contributed by atoms with Crippen LogP contribution in [0.4, 0.5) is 17.1 Å². The Morgan fingerprint density at radius 2 is 1.18 bits per heavy atom. The highest BCUT2D eigenvalue weighted by molar-refractivity contribution is 7.99. The van der Waals surface area contributed by atoms with E-state index in [4.69, 9.17) is 4.42 Å². The number of rotatable bonds is 1. The Balaban J connectivity index is 1.50. The zero-order chi connectivity index (χ0) is 26.1. The van der Waals surface area contributed by atoms with Crippen LogP contribution in [-0.2, 0) is 5.41 Å². The third-order valence-corrected chi connectivity index (χ3v) is 9.30. The van der Waals surface area contributed by atoms with E-state index in [-0.39, 0.29) is 5.63 Å². The van der Waals surface area contributed by atoms with Gasteiger partial charge in [-0.2, -0.15) is 0 Å². The summed E-state index contributed by atoms with van der Waals surface area (Å²) >= 11 is 1.84. The van der Waals surface area contributed by atoms with Crippen molar-refractivity contribution in [2.45, 2.75) is 22.1 Å². The highest BCUT2D eigenvalue weighted by Crippen LogP contribution is 2.62. The van der Waals surface area contributed by atoms with E-state index in [1.165, 1.54) is 38.3 Å². The molecule has 3 nitrogen and oxygen atoms in total. The molecule has 1 aromatic heterocycles. The maximum atomic E-state index is 12.8. The third kappa shape index (κ3) is 2.98. The van der Waals surface area contributed by atoms with E-state index in [2.05, 4.69) is 108 Å². The zero-order valence-corrected chi connectivity index (χ0v) is 22.0. The minimum atomic E-state index is -0.478. The van der Waals surface area contributed by atoms with Gasteiger partial charge in [0, 0.05) is 15.5 Å². The standard InChI is InChI=1S/C35H23NO2S/c1-22-21-38-34(37)25-20-23(18-19-24(22)25)36-30-14-6-2-10-26(30)35(27-11-3-7-15-31(27)36)28-12-4-8-16-32(28)39-33-17-9-5-13-29(33)35/h2-21H,1H3. The van der Waals surface area contributed by atoms with Crippen LogP contribution in [0.5, 0.6) is 0 Å². The number of fused-ring (bicyclic) bond motifs is 9. The molecule has 0 aliphatic carbocycles. The van der Waals surface area contributed by atoms with E-state index < -0.39 is 5.41 Å². The molecule has 2 aliphatic rings. The van der Waals surface area contributed by atoms with Gasteiger partial charge in [0.1, 0.15) is 0 Å². The zero-order valence-electron chi connectivity index (χ0n) is 21.2. The monoisotopic (exact) mass is 521 g/mol. The second-order valence-corrected chi connectivity index (χ2v) is 11.2. The predicted octanol–water partition coefficient (Wildman–Crippen LogP) is 8.73. The van der Waals surface area contributed by atoms with Gasteiger partial charge in [0.15, 0.2) is 0 Å². The molecule has 5 aromatic carbocycles. The van der Waals surface area contributed by atoms with Gasteiger partial charge in [-0.1, -0.05) is 90.6 Å². The number of hydrogen-bond acceptors (Lipinski definition) is 4. The summed E-state index contributed by atoms with van der Waals surface area (Å²) in [6.07, 6.45) is 1.54. The molecule has 0 fully saturated rings. The fraction of sp³-hybridized carbons (Fsp3) is 0.0571. The van der Waals surface area contributed by atoms with Crippen LogP contribution in [0.1, 0.15) is 27.8 Å². The third-order valence-electron chi connectivity index (χ3n) is 8.15. The Bertz CT molecular complexity index is 1910. The van der Waals surface area contributed by atoms with Gasteiger partial charge in [0.2, 0.25) is 0 Å². The van der Waals surface area contributed by atoms with Crippen LogP contribution >= 0.6 is 11.8 Å². The molecule has 1 spiro atoms. The van der Waals surface area contributed by atoms with Crippen molar-refractivity contribution in [1.29, 1.82) is 0 Å². The van der Waals surface area contributed by atoms with Crippen molar-refractivity contribution < 1.29 is 4.42 Å². The number of para-hydroxylation sites is 2. The Morgan fingerprint density at radius 3 is 1.79 bits per heavy atom. The predicted molar refractivity (Wildman–Crippen MR) is 158 cm³/mol. The molecular weight excluding hydrogens is 498 g/mol. The molecule has 39 heavy (non-hydrogen) atoms.